The summed E-state index contributed by atoms with van der Waals surface area (Å²) in [6.07, 6.45) is 3.66. The molecule has 0 saturated heterocycles. The van der Waals surface area contributed by atoms with Crippen LogP contribution in [0.5, 0.6) is 5.75 Å². The zero-order valence-corrected chi connectivity index (χ0v) is 15.4. The topological polar surface area (TPSA) is 84.5 Å². The molecule has 0 spiro atoms. The Balaban J connectivity index is 1.48. The van der Waals surface area contributed by atoms with E-state index in [0.717, 1.165) is 31.4 Å². The van der Waals surface area contributed by atoms with Gasteiger partial charge in [-0.2, -0.15) is 8.42 Å². The number of halogens is 1. The van der Waals surface area contributed by atoms with Crippen LogP contribution in [0.25, 0.3) is 0 Å². The summed E-state index contributed by atoms with van der Waals surface area (Å²) in [5.74, 6) is -0.425. The summed E-state index contributed by atoms with van der Waals surface area (Å²) in [6.45, 7) is 0. The molecule has 0 heterocycles. The number of amides is 1. The largest absolute Gasteiger partial charge is 0.488 e. The third-order valence-electron chi connectivity index (χ3n) is 4.52. The predicted octanol–water partition coefficient (Wildman–Crippen LogP) is 3.43. The molecule has 0 aliphatic heterocycles. The molecule has 6 nitrogen and oxygen atoms in total. The van der Waals surface area contributed by atoms with Crippen LogP contribution in [-0.4, -0.2) is 26.4 Å². The predicted molar refractivity (Wildman–Crippen MR) is 101 cm³/mol. The van der Waals surface area contributed by atoms with Crippen LogP contribution in [0.1, 0.15) is 36.0 Å². The first-order valence-corrected chi connectivity index (χ1v) is 10.1. The van der Waals surface area contributed by atoms with Crippen LogP contribution in [0.2, 0.25) is 0 Å². The Bertz CT molecular complexity index is 864. The lowest BCUT2D eigenvalue weighted by molar-refractivity contribution is 0.0926. The van der Waals surface area contributed by atoms with Crippen molar-refractivity contribution < 1.29 is 21.3 Å². The highest BCUT2D eigenvalue weighted by Crippen LogP contribution is 2.23. The molecule has 0 bridgehead atoms. The number of carbonyl (C=O) groups is 1. The van der Waals surface area contributed by atoms with E-state index in [1.807, 2.05) is 30.3 Å². The summed E-state index contributed by atoms with van der Waals surface area (Å²) in [5, 5.41) is 6.49. The van der Waals surface area contributed by atoms with E-state index in [9.17, 15) is 17.1 Å². The first-order chi connectivity index (χ1) is 12.9. The van der Waals surface area contributed by atoms with Gasteiger partial charge in [-0.15, -0.1) is 0 Å². The lowest BCUT2D eigenvalue weighted by Crippen LogP contribution is -2.40. The number of para-hydroxylation sites is 1. The Hall–Kier alpha value is -2.61. The molecule has 1 aliphatic rings. The van der Waals surface area contributed by atoms with Crippen molar-refractivity contribution in [2.75, 3.05) is 5.32 Å². The third-order valence-corrected chi connectivity index (χ3v) is 4.91. The standard InChI is InChI=1S/C19H21FN2O4S/c20-27(24,25)26-18-12-6-14(7-13-18)19(23)22-17-10-8-16(9-11-17)21-15-4-2-1-3-5-15/h1-7,12-13,16-17,21H,8-11H2,(H,22,23). The zero-order valence-electron chi connectivity index (χ0n) is 14.6. The van der Waals surface area contributed by atoms with Gasteiger partial charge in [-0.25, -0.2) is 0 Å². The monoisotopic (exact) mass is 392 g/mol. The van der Waals surface area contributed by atoms with Crippen LogP contribution in [-0.2, 0) is 10.5 Å². The Kier molecular flexibility index (Phi) is 5.95. The second kappa shape index (κ2) is 8.39. The average Bonchev–Trinajstić information content (AvgIpc) is 2.63. The molecule has 0 radical (unpaired) electrons. The number of benzene rings is 2. The molecule has 2 aromatic rings. The summed E-state index contributed by atoms with van der Waals surface area (Å²) in [4.78, 5) is 12.3. The molecule has 1 fully saturated rings. The van der Waals surface area contributed by atoms with Gasteiger partial charge in [0.25, 0.3) is 5.91 Å². The van der Waals surface area contributed by atoms with Gasteiger partial charge in [0.2, 0.25) is 0 Å². The van der Waals surface area contributed by atoms with Gasteiger partial charge in [-0.05, 0) is 62.1 Å². The van der Waals surface area contributed by atoms with Crippen LogP contribution in [0, 0.1) is 0 Å². The van der Waals surface area contributed by atoms with Crippen molar-refractivity contribution in [1.82, 2.24) is 5.32 Å². The Morgan fingerprint density at radius 2 is 1.52 bits per heavy atom. The number of carbonyl (C=O) groups excluding carboxylic acids is 1. The van der Waals surface area contributed by atoms with Gasteiger partial charge in [0.05, 0.1) is 0 Å². The maximum absolute atomic E-state index is 12.5. The first kappa shape index (κ1) is 19.2. The van der Waals surface area contributed by atoms with E-state index in [-0.39, 0.29) is 17.7 Å². The van der Waals surface area contributed by atoms with Gasteiger partial charge >= 0.3 is 10.5 Å². The molecule has 1 amide bonds. The fourth-order valence-corrected chi connectivity index (χ4v) is 3.54. The molecule has 3 rings (SSSR count). The van der Waals surface area contributed by atoms with E-state index in [1.165, 1.54) is 24.3 Å². The van der Waals surface area contributed by atoms with Gasteiger partial charge in [0.15, 0.2) is 0 Å². The molecule has 8 heteroatoms. The zero-order chi connectivity index (χ0) is 19.3. The molecule has 0 aromatic heterocycles. The van der Waals surface area contributed by atoms with Crippen molar-refractivity contribution in [3.63, 3.8) is 0 Å². The maximum Gasteiger partial charge on any atom is 0.488 e. The van der Waals surface area contributed by atoms with E-state index in [0.29, 0.717) is 11.6 Å². The SMILES string of the molecule is O=C(NC1CCC(Nc2ccccc2)CC1)c1ccc(OS(=O)(=O)F)cc1. The number of hydrogen-bond donors (Lipinski definition) is 2. The van der Waals surface area contributed by atoms with Crippen molar-refractivity contribution in [3.8, 4) is 5.75 Å². The quantitative estimate of drug-likeness (QED) is 0.736. The minimum atomic E-state index is -5.07. The summed E-state index contributed by atoms with van der Waals surface area (Å²) in [7, 11) is -5.07. The van der Waals surface area contributed by atoms with E-state index < -0.39 is 10.5 Å². The number of hydrogen-bond acceptors (Lipinski definition) is 5. The number of rotatable bonds is 6. The highest BCUT2D eigenvalue weighted by atomic mass is 32.3. The highest BCUT2D eigenvalue weighted by molar-refractivity contribution is 7.81. The molecule has 0 unspecified atom stereocenters. The van der Waals surface area contributed by atoms with E-state index in [4.69, 9.17) is 0 Å². The summed E-state index contributed by atoms with van der Waals surface area (Å²) >= 11 is 0. The highest BCUT2D eigenvalue weighted by Gasteiger charge is 2.22. The van der Waals surface area contributed by atoms with E-state index >= 15 is 0 Å². The normalized spacial score (nSPS) is 19.9. The Morgan fingerprint density at radius 1 is 0.926 bits per heavy atom. The fraction of sp³-hybridized carbons (Fsp3) is 0.316. The summed E-state index contributed by atoms with van der Waals surface area (Å²) in [5.41, 5.74) is 1.46. The van der Waals surface area contributed by atoms with Crippen LogP contribution in [0.3, 0.4) is 0 Å². The third kappa shape index (κ3) is 5.96. The molecule has 1 aliphatic carbocycles. The molecule has 27 heavy (non-hydrogen) atoms. The first-order valence-electron chi connectivity index (χ1n) is 8.75. The molecular formula is C19H21FN2O4S. The summed E-state index contributed by atoms with van der Waals surface area (Å²) < 4.78 is 37.5. The van der Waals surface area contributed by atoms with Crippen molar-refractivity contribution in [1.29, 1.82) is 0 Å². The molecule has 144 valence electrons. The van der Waals surface area contributed by atoms with Crippen LogP contribution >= 0.6 is 0 Å². The van der Waals surface area contributed by atoms with Gasteiger partial charge < -0.3 is 14.8 Å². The maximum atomic E-state index is 12.5. The molecule has 0 atom stereocenters. The number of anilines is 1. The number of nitrogens with one attached hydrogen (secondary N) is 2. The average molecular weight is 392 g/mol. The Morgan fingerprint density at radius 3 is 2.11 bits per heavy atom. The minimum Gasteiger partial charge on any atom is -0.382 e. The van der Waals surface area contributed by atoms with Crippen LogP contribution in [0.15, 0.2) is 54.6 Å². The van der Waals surface area contributed by atoms with Crippen molar-refractivity contribution >= 4 is 22.1 Å². The van der Waals surface area contributed by atoms with E-state index in [1.54, 1.807) is 0 Å². The second-order valence-corrected chi connectivity index (χ2v) is 7.49. The van der Waals surface area contributed by atoms with E-state index in [2.05, 4.69) is 14.8 Å². The van der Waals surface area contributed by atoms with Crippen molar-refractivity contribution in [3.05, 3.63) is 60.2 Å². The van der Waals surface area contributed by atoms with Gasteiger partial charge in [0.1, 0.15) is 5.75 Å². The molecular weight excluding hydrogens is 371 g/mol. The lowest BCUT2D eigenvalue weighted by Gasteiger charge is -2.30. The van der Waals surface area contributed by atoms with Crippen LogP contribution in [0.4, 0.5) is 9.57 Å². The lowest BCUT2D eigenvalue weighted by atomic mass is 9.90. The molecule has 1 saturated carbocycles. The fourth-order valence-electron chi connectivity index (χ4n) is 3.20. The molecule has 2 aromatic carbocycles. The summed E-state index contributed by atoms with van der Waals surface area (Å²) in [6, 6.07) is 15.8. The second-order valence-electron chi connectivity index (χ2n) is 6.53. The minimum absolute atomic E-state index is 0.0912. The van der Waals surface area contributed by atoms with Gasteiger partial charge in [-0.1, -0.05) is 22.1 Å². The van der Waals surface area contributed by atoms with Gasteiger partial charge in [-0.3, -0.25) is 4.79 Å². The molecule has 2 N–H and O–H groups in total. The van der Waals surface area contributed by atoms with Crippen molar-refractivity contribution in [2.24, 2.45) is 0 Å². The van der Waals surface area contributed by atoms with Crippen molar-refractivity contribution in [2.45, 2.75) is 37.8 Å². The Labute approximate surface area is 158 Å². The smallest absolute Gasteiger partial charge is 0.382 e. The van der Waals surface area contributed by atoms with Gasteiger partial charge in [0, 0.05) is 23.3 Å². The van der Waals surface area contributed by atoms with Crippen LogP contribution < -0.4 is 14.8 Å².